The molecule has 2 nitrogen and oxygen atoms in total. The van der Waals surface area contributed by atoms with Crippen molar-refractivity contribution in [3.05, 3.63) is 96.1 Å². The standard InChI is InChI=1S/C21H20N2S2/c24-21(22-15-17-7-3-1-4-8-17)23-19-13-11-18(12-14-19)16-25-20-9-5-2-6-10-20/h1-14H,15-16H2,(H2,22,23,24). The zero-order valence-corrected chi connectivity index (χ0v) is 15.4. The first kappa shape index (κ1) is 17.5. The molecule has 0 heterocycles. The molecule has 0 bridgehead atoms. The van der Waals surface area contributed by atoms with E-state index in [0.717, 1.165) is 18.0 Å². The first-order chi connectivity index (χ1) is 12.3. The van der Waals surface area contributed by atoms with Crippen molar-refractivity contribution in [2.75, 3.05) is 5.32 Å². The van der Waals surface area contributed by atoms with Gasteiger partial charge in [0.2, 0.25) is 0 Å². The molecule has 0 amide bonds. The quantitative estimate of drug-likeness (QED) is 0.448. The molecule has 0 fully saturated rings. The van der Waals surface area contributed by atoms with E-state index in [0.29, 0.717) is 5.11 Å². The fourth-order valence-electron chi connectivity index (χ4n) is 2.32. The predicted molar refractivity (Wildman–Crippen MR) is 112 cm³/mol. The third-order valence-corrected chi connectivity index (χ3v) is 4.99. The zero-order chi connectivity index (χ0) is 17.3. The van der Waals surface area contributed by atoms with Crippen molar-refractivity contribution in [2.45, 2.75) is 17.2 Å². The maximum absolute atomic E-state index is 5.36. The average molecular weight is 365 g/mol. The van der Waals surface area contributed by atoms with Gasteiger partial charge in [-0.15, -0.1) is 11.8 Å². The summed E-state index contributed by atoms with van der Waals surface area (Å²) in [5, 5.41) is 7.09. The minimum absolute atomic E-state index is 0.635. The SMILES string of the molecule is S=C(NCc1ccccc1)Nc1ccc(CSc2ccccc2)cc1. The van der Waals surface area contributed by atoms with Gasteiger partial charge in [-0.2, -0.15) is 0 Å². The lowest BCUT2D eigenvalue weighted by molar-refractivity contribution is 0.926. The molecule has 2 N–H and O–H groups in total. The molecule has 0 aliphatic carbocycles. The molecule has 3 aromatic rings. The predicted octanol–water partition coefficient (Wildman–Crippen LogP) is 5.47. The third kappa shape index (κ3) is 5.93. The van der Waals surface area contributed by atoms with Crippen LogP contribution in [0.15, 0.2) is 89.8 Å². The molecule has 0 aliphatic heterocycles. The highest BCUT2D eigenvalue weighted by atomic mass is 32.2. The van der Waals surface area contributed by atoms with Gasteiger partial charge in [0, 0.05) is 22.9 Å². The van der Waals surface area contributed by atoms with Crippen molar-refractivity contribution in [3.63, 3.8) is 0 Å². The molecule has 126 valence electrons. The summed E-state index contributed by atoms with van der Waals surface area (Å²) >= 11 is 7.20. The molecule has 3 rings (SSSR count). The van der Waals surface area contributed by atoms with E-state index in [-0.39, 0.29) is 0 Å². The number of anilines is 1. The Labute approximate surface area is 158 Å². The van der Waals surface area contributed by atoms with E-state index in [1.807, 2.05) is 36.0 Å². The van der Waals surface area contributed by atoms with Crippen LogP contribution in [0.4, 0.5) is 5.69 Å². The molecular formula is C21H20N2S2. The maximum atomic E-state index is 5.36. The highest BCUT2D eigenvalue weighted by Crippen LogP contribution is 2.23. The van der Waals surface area contributed by atoms with Gasteiger partial charge in [0.15, 0.2) is 5.11 Å². The van der Waals surface area contributed by atoms with E-state index >= 15 is 0 Å². The fraction of sp³-hybridized carbons (Fsp3) is 0.0952. The molecule has 3 aromatic carbocycles. The summed E-state index contributed by atoms with van der Waals surface area (Å²) < 4.78 is 0. The van der Waals surface area contributed by atoms with Crippen molar-refractivity contribution in [1.29, 1.82) is 0 Å². The molecule has 0 saturated heterocycles. The molecule has 0 radical (unpaired) electrons. The largest absolute Gasteiger partial charge is 0.358 e. The van der Waals surface area contributed by atoms with Gasteiger partial charge in [0.25, 0.3) is 0 Å². The summed E-state index contributed by atoms with van der Waals surface area (Å²) in [5.74, 6) is 0.959. The highest BCUT2D eigenvalue weighted by molar-refractivity contribution is 7.98. The van der Waals surface area contributed by atoms with Gasteiger partial charge < -0.3 is 10.6 Å². The Bertz CT molecular complexity index is 787. The van der Waals surface area contributed by atoms with Crippen molar-refractivity contribution < 1.29 is 0 Å². The Kier molecular flexibility index (Phi) is 6.48. The number of thioether (sulfide) groups is 1. The minimum atomic E-state index is 0.635. The number of thiocarbonyl (C=S) groups is 1. The van der Waals surface area contributed by atoms with E-state index in [2.05, 4.69) is 71.3 Å². The topological polar surface area (TPSA) is 24.1 Å². The molecule has 4 heteroatoms. The second-order valence-electron chi connectivity index (χ2n) is 5.59. The van der Waals surface area contributed by atoms with Gasteiger partial charge >= 0.3 is 0 Å². The molecular weight excluding hydrogens is 344 g/mol. The highest BCUT2D eigenvalue weighted by Gasteiger charge is 2.00. The van der Waals surface area contributed by atoms with E-state index in [9.17, 15) is 0 Å². The van der Waals surface area contributed by atoms with Crippen molar-refractivity contribution in [2.24, 2.45) is 0 Å². The van der Waals surface area contributed by atoms with E-state index in [4.69, 9.17) is 12.2 Å². The van der Waals surface area contributed by atoms with Crippen LogP contribution in [-0.4, -0.2) is 5.11 Å². The Morgan fingerprint density at radius 3 is 2.08 bits per heavy atom. The summed E-state index contributed by atoms with van der Waals surface area (Å²) in [6.45, 7) is 0.721. The number of benzene rings is 3. The van der Waals surface area contributed by atoms with Gasteiger partial charge in [-0.3, -0.25) is 0 Å². The van der Waals surface area contributed by atoms with Crippen LogP contribution in [0.1, 0.15) is 11.1 Å². The van der Waals surface area contributed by atoms with Crippen LogP contribution in [0.25, 0.3) is 0 Å². The van der Waals surface area contributed by atoms with Crippen LogP contribution in [0.2, 0.25) is 0 Å². The number of hydrogen-bond acceptors (Lipinski definition) is 2. The van der Waals surface area contributed by atoms with E-state index in [1.165, 1.54) is 16.0 Å². The van der Waals surface area contributed by atoms with Crippen LogP contribution in [0, 0.1) is 0 Å². The van der Waals surface area contributed by atoms with Crippen LogP contribution >= 0.6 is 24.0 Å². The second-order valence-corrected chi connectivity index (χ2v) is 7.05. The molecule has 0 aliphatic rings. The lowest BCUT2D eigenvalue weighted by Crippen LogP contribution is -2.27. The molecule has 0 saturated carbocycles. The summed E-state index contributed by atoms with van der Waals surface area (Å²) in [6, 6.07) is 29.1. The van der Waals surface area contributed by atoms with Crippen molar-refractivity contribution >= 4 is 34.8 Å². The van der Waals surface area contributed by atoms with Crippen LogP contribution in [-0.2, 0) is 12.3 Å². The number of nitrogens with one attached hydrogen (secondary N) is 2. The van der Waals surface area contributed by atoms with Crippen LogP contribution < -0.4 is 10.6 Å². The Hall–Kier alpha value is -2.30. The lowest BCUT2D eigenvalue weighted by Gasteiger charge is -2.11. The number of rotatable bonds is 6. The first-order valence-electron chi connectivity index (χ1n) is 8.15. The number of hydrogen-bond donors (Lipinski definition) is 2. The summed E-state index contributed by atoms with van der Waals surface area (Å²) in [6.07, 6.45) is 0. The van der Waals surface area contributed by atoms with Gasteiger partial charge in [0.1, 0.15) is 0 Å². The summed E-state index contributed by atoms with van der Waals surface area (Å²) in [4.78, 5) is 1.29. The van der Waals surface area contributed by atoms with E-state index < -0.39 is 0 Å². The Morgan fingerprint density at radius 2 is 1.40 bits per heavy atom. The zero-order valence-electron chi connectivity index (χ0n) is 13.8. The summed E-state index contributed by atoms with van der Waals surface area (Å²) in [5.41, 5.74) is 3.50. The minimum Gasteiger partial charge on any atom is -0.358 e. The van der Waals surface area contributed by atoms with Gasteiger partial charge in [0.05, 0.1) is 0 Å². The molecule has 0 atom stereocenters. The summed E-state index contributed by atoms with van der Waals surface area (Å²) in [7, 11) is 0. The molecule has 0 aromatic heterocycles. The normalized spacial score (nSPS) is 10.2. The molecule has 25 heavy (non-hydrogen) atoms. The lowest BCUT2D eigenvalue weighted by atomic mass is 10.2. The van der Waals surface area contributed by atoms with E-state index in [1.54, 1.807) is 0 Å². The van der Waals surface area contributed by atoms with Crippen molar-refractivity contribution in [1.82, 2.24) is 5.32 Å². The molecule has 0 spiro atoms. The maximum Gasteiger partial charge on any atom is 0.171 e. The van der Waals surface area contributed by atoms with Crippen LogP contribution in [0.5, 0.6) is 0 Å². The van der Waals surface area contributed by atoms with Gasteiger partial charge in [-0.05, 0) is 47.6 Å². The van der Waals surface area contributed by atoms with Crippen molar-refractivity contribution in [3.8, 4) is 0 Å². The Balaban J connectivity index is 1.46. The van der Waals surface area contributed by atoms with Gasteiger partial charge in [-0.25, -0.2) is 0 Å². The molecule has 0 unspecified atom stereocenters. The fourth-order valence-corrected chi connectivity index (χ4v) is 3.39. The first-order valence-corrected chi connectivity index (χ1v) is 9.54. The van der Waals surface area contributed by atoms with Gasteiger partial charge in [-0.1, -0.05) is 60.7 Å². The van der Waals surface area contributed by atoms with Crippen LogP contribution in [0.3, 0.4) is 0 Å². The Morgan fingerprint density at radius 1 is 0.760 bits per heavy atom. The average Bonchev–Trinajstić information content (AvgIpc) is 2.67. The monoisotopic (exact) mass is 364 g/mol. The smallest absolute Gasteiger partial charge is 0.171 e. The third-order valence-electron chi connectivity index (χ3n) is 3.66. The second kappa shape index (κ2) is 9.25.